The Balaban J connectivity index is 1.51. The fourth-order valence-electron chi connectivity index (χ4n) is 1.98. The third kappa shape index (κ3) is 4.78. The molecule has 3 aromatic rings. The Labute approximate surface area is 148 Å². The van der Waals surface area contributed by atoms with E-state index in [-0.39, 0.29) is 12.3 Å². The van der Waals surface area contributed by atoms with Gasteiger partial charge in [0.1, 0.15) is 17.4 Å². The molecule has 0 unspecified atom stereocenters. The fourth-order valence-corrected chi connectivity index (χ4v) is 2.81. The van der Waals surface area contributed by atoms with Gasteiger partial charge in [-0.1, -0.05) is 11.6 Å². The summed E-state index contributed by atoms with van der Waals surface area (Å²) in [5.74, 6) is 0.567. The largest absolute Gasteiger partial charge is 0.485 e. The van der Waals surface area contributed by atoms with Gasteiger partial charge in [0.15, 0.2) is 0 Å². The number of halogens is 1. The maximum Gasteiger partial charge on any atom is 0.230 e. The second-order valence-electron chi connectivity index (χ2n) is 4.94. The van der Waals surface area contributed by atoms with E-state index in [9.17, 15) is 4.79 Å². The molecule has 0 spiro atoms. The van der Waals surface area contributed by atoms with Crippen molar-refractivity contribution in [1.29, 1.82) is 0 Å². The Morgan fingerprint density at radius 3 is 2.83 bits per heavy atom. The van der Waals surface area contributed by atoms with Gasteiger partial charge in [-0.05, 0) is 36.4 Å². The summed E-state index contributed by atoms with van der Waals surface area (Å²) in [6, 6.07) is 10.6. The van der Waals surface area contributed by atoms with E-state index in [1.165, 1.54) is 11.3 Å². The van der Waals surface area contributed by atoms with Gasteiger partial charge in [-0.25, -0.2) is 4.98 Å². The summed E-state index contributed by atoms with van der Waals surface area (Å²) < 4.78 is 5.59. The van der Waals surface area contributed by atoms with Crippen molar-refractivity contribution in [2.24, 2.45) is 0 Å². The zero-order valence-corrected chi connectivity index (χ0v) is 14.2. The van der Waals surface area contributed by atoms with E-state index in [0.717, 1.165) is 10.7 Å². The van der Waals surface area contributed by atoms with Crippen molar-refractivity contribution in [2.45, 2.75) is 13.0 Å². The van der Waals surface area contributed by atoms with Crippen LogP contribution in [0.3, 0.4) is 0 Å². The molecular formula is C17H14ClN3O2S. The first-order valence-corrected chi connectivity index (χ1v) is 8.46. The van der Waals surface area contributed by atoms with Crippen molar-refractivity contribution in [3.8, 4) is 5.75 Å². The normalized spacial score (nSPS) is 10.4. The Hall–Kier alpha value is -2.44. The first kappa shape index (κ1) is 16.4. The molecule has 0 aliphatic heterocycles. The molecule has 0 fully saturated rings. The van der Waals surface area contributed by atoms with Crippen LogP contribution in [0.15, 0.2) is 54.2 Å². The maximum absolute atomic E-state index is 12.0. The molecule has 1 amide bonds. The van der Waals surface area contributed by atoms with Crippen LogP contribution >= 0.6 is 22.9 Å². The van der Waals surface area contributed by atoms with E-state index in [1.807, 2.05) is 17.5 Å². The maximum atomic E-state index is 12.0. The molecule has 0 aliphatic carbocycles. The summed E-state index contributed by atoms with van der Waals surface area (Å²) in [5.41, 5.74) is 1.43. The van der Waals surface area contributed by atoms with Gasteiger partial charge in [-0.2, -0.15) is 0 Å². The minimum Gasteiger partial charge on any atom is -0.485 e. The van der Waals surface area contributed by atoms with Gasteiger partial charge < -0.3 is 10.1 Å². The molecule has 122 valence electrons. The molecule has 0 saturated carbocycles. The first-order valence-electron chi connectivity index (χ1n) is 7.20. The number of amides is 1. The number of aromatic nitrogens is 2. The number of benzene rings is 1. The Kier molecular flexibility index (Phi) is 5.40. The average molecular weight is 360 g/mol. The molecule has 1 N–H and O–H groups in total. The Bertz CT molecular complexity index is 806. The second-order valence-corrected chi connectivity index (χ2v) is 6.32. The van der Waals surface area contributed by atoms with Gasteiger partial charge in [-0.3, -0.25) is 9.78 Å². The highest BCUT2D eigenvalue weighted by molar-refractivity contribution is 7.09. The summed E-state index contributed by atoms with van der Waals surface area (Å²) in [5, 5.41) is 6.12. The van der Waals surface area contributed by atoms with E-state index in [1.54, 1.807) is 36.7 Å². The lowest BCUT2D eigenvalue weighted by Gasteiger charge is -2.04. The number of carbonyl (C=O) groups excluding carboxylic acids is 1. The predicted octanol–water partition coefficient (Wildman–Crippen LogP) is 3.95. The molecule has 0 aliphatic rings. The van der Waals surface area contributed by atoms with E-state index >= 15 is 0 Å². The number of hydrogen-bond acceptors (Lipinski definition) is 5. The van der Waals surface area contributed by atoms with Crippen LogP contribution in [0.25, 0.3) is 0 Å². The molecule has 0 radical (unpaired) electrons. The monoisotopic (exact) mass is 359 g/mol. The van der Waals surface area contributed by atoms with Crippen LogP contribution in [-0.2, 0) is 17.8 Å². The molecule has 0 saturated heterocycles. The van der Waals surface area contributed by atoms with Crippen LogP contribution in [0, 0.1) is 0 Å². The van der Waals surface area contributed by atoms with Crippen LogP contribution in [-0.4, -0.2) is 15.9 Å². The van der Waals surface area contributed by atoms with Gasteiger partial charge in [0, 0.05) is 22.3 Å². The van der Waals surface area contributed by atoms with Gasteiger partial charge in [0.2, 0.25) is 5.91 Å². The van der Waals surface area contributed by atoms with Crippen molar-refractivity contribution in [2.75, 3.05) is 5.32 Å². The SMILES string of the molecule is O=C(Cc1csc(COc2cccnc2)n1)Nc1ccc(Cl)cc1. The molecule has 7 heteroatoms. The standard InChI is InChI=1S/C17H14ClN3O2S/c18-12-3-5-13(6-4-12)20-16(22)8-14-11-24-17(21-14)10-23-15-2-1-7-19-9-15/h1-7,9,11H,8,10H2,(H,20,22). The zero-order chi connectivity index (χ0) is 16.8. The summed E-state index contributed by atoms with van der Waals surface area (Å²) in [7, 11) is 0. The molecule has 0 bridgehead atoms. The smallest absolute Gasteiger partial charge is 0.230 e. The van der Waals surface area contributed by atoms with E-state index in [2.05, 4.69) is 15.3 Å². The van der Waals surface area contributed by atoms with Gasteiger partial charge >= 0.3 is 0 Å². The molecule has 2 heterocycles. The number of carbonyl (C=O) groups is 1. The molecule has 0 atom stereocenters. The number of anilines is 1. The third-order valence-corrected chi connectivity index (χ3v) is 4.19. The quantitative estimate of drug-likeness (QED) is 0.723. The number of nitrogens with one attached hydrogen (secondary N) is 1. The van der Waals surface area contributed by atoms with Crippen LogP contribution in [0.2, 0.25) is 5.02 Å². The lowest BCUT2D eigenvalue weighted by Crippen LogP contribution is -2.14. The van der Waals surface area contributed by atoms with Gasteiger partial charge in [-0.15, -0.1) is 11.3 Å². The number of hydrogen-bond donors (Lipinski definition) is 1. The topological polar surface area (TPSA) is 64.1 Å². The highest BCUT2D eigenvalue weighted by Crippen LogP contribution is 2.16. The van der Waals surface area contributed by atoms with Crippen LogP contribution < -0.4 is 10.1 Å². The van der Waals surface area contributed by atoms with E-state index in [4.69, 9.17) is 16.3 Å². The van der Waals surface area contributed by atoms with Crippen LogP contribution in [0.5, 0.6) is 5.75 Å². The zero-order valence-electron chi connectivity index (χ0n) is 12.6. The molecule has 24 heavy (non-hydrogen) atoms. The lowest BCUT2D eigenvalue weighted by molar-refractivity contribution is -0.115. The summed E-state index contributed by atoms with van der Waals surface area (Å²) >= 11 is 7.28. The van der Waals surface area contributed by atoms with Crippen molar-refractivity contribution in [3.63, 3.8) is 0 Å². The highest BCUT2D eigenvalue weighted by Gasteiger charge is 2.09. The number of thiazole rings is 1. The van der Waals surface area contributed by atoms with Gasteiger partial charge in [0.05, 0.1) is 18.3 Å². The number of rotatable bonds is 6. The van der Waals surface area contributed by atoms with Crippen molar-refractivity contribution >= 4 is 34.5 Å². The molecular weight excluding hydrogens is 346 g/mol. The summed E-state index contributed by atoms with van der Waals surface area (Å²) in [4.78, 5) is 20.4. The minimum atomic E-state index is -0.123. The Morgan fingerprint density at radius 2 is 2.08 bits per heavy atom. The van der Waals surface area contributed by atoms with E-state index in [0.29, 0.717) is 23.1 Å². The molecule has 5 nitrogen and oxygen atoms in total. The predicted molar refractivity (Wildman–Crippen MR) is 94.5 cm³/mol. The van der Waals surface area contributed by atoms with Crippen molar-refractivity contribution in [3.05, 3.63) is 69.9 Å². The number of nitrogens with zero attached hydrogens (tertiary/aromatic N) is 2. The molecule has 2 aromatic heterocycles. The van der Waals surface area contributed by atoms with Crippen molar-refractivity contribution in [1.82, 2.24) is 9.97 Å². The van der Waals surface area contributed by atoms with E-state index < -0.39 is 0 Å². The summed E-state index contributed by atoms with van der Waals surface area (Å²) in [6.45, 7) is 0.356. The first-order chi connectivity index (χ1) is 11.7. The highest BCUT2D eigenvalue weighted by atomic mass is 35.5. The number of pyridine rings is 1. The lowest BCUT2D eigenvalue weighted by atomic mass is 10.3. The minimum absolute atomic E-state index is 0.123. The van der Waals surface area contributed by atoms with Crippen LogP contribution in [0.1, 0.15) is 10.7 Å². The van der Waals surface area contributed by atoms with Crippen LogP contribution in [0.4, 0.5) is 5.69 Å². The fraction of sp³-hybridized carbons (Fsp3) is 0.118. The third-order valence-electron chi connectivity index (χ3n) is 3.07. The molecule has 1 aromatic carbocycles. The molecule has 3 rings (SSSR count). The average Bonchev–Trinajstić information content (AvgIpc) is 3.03. The number of ether oxygens (including phenoxy) is 1. The second kappa shape index (κ2) is 7.90. The van der Waals surface area contributed by atoms with Gasteiger partial charge in [0.25, 0.3) is 0 Å². The summed E-state index contributed by atoms with van der Waals surface area (Å²) in [6.07, 6.45) is 3.55. The Morgan fingerprint density at radius 1 is 1.25 bits per heavy atom. The van der Waals surface area contributed by atoms with Crippen molar-refractivity contribution < 1.29 is 9.53 Å².